The van der Waals surface area contributed by atoms with E-state index in [9.17, 15) is 4.79 Å². The van der Waals surface area contributed by atoms with E-state index in [4.69, 9.17) is 0 Å². The minimum absolute atomic E-state index is 0.106. The number of nitrogens with zero attached hydrogens (tertiary/aromatic N) is 5. The van der Waals surface area contributed by atoms with Gasteiger partial charge in [0.1, 0.15) is 5.82 Å². The van der Waals surface area contributed by atoms with Crippen LogP contribution in [0.4, 0.5) is 11.5 Å². The number of carbonyl (C=O) groups excluding carboxylic acids is 1. The number of hydrogen-bond acceptors (Lipinski definition) is 6. The summed E-state index contributed by atoms with van der Waals surface area (Å²) in [5, 5.41) is 4.81. The van der Waals surface area contributed by atoms with Gasteiger partial charge in [-0.3, -0.25) is 9.20 Å². The lowest BCUT2D eigenvalue weighted by Crippen LogP contribution is -2.44. The molecule has 0 saturated carbocycles. The molecule has 3 aromatic heterocycles. The predicted octanol–water partition coefficient (Wildman–Crippen LogP) is 1.72. The van der Waals surface area contributed by atoms with E-state index in [0.717, 1.165) is 42.5 Å². The van der Waals surface area contributed by atoms with Crippen molar-refractivity contribution in [3.63, 3.8) is 0 Å². The molecule has 0 radical (unpaired) electrons. The summed E-state index contributed by atoms with van der Waals surface area (Å²) in [4.78, 5) is 26.5. The maximum absolute atomic E-state index is 12.2. The molecule has 4 heterocycles. The number of pyridine rings is 1. The Morgan fingerprint density at radius 1 is 1.28 bits per heavy atom. The van der Waals surface area contributed by atoms with Gasteiger partial charge in [0.05, 0.1) is 24.0 Å². The Morgan fingerprint density at radius 2 is 2.12 bits per heavy atom. The SMILES string of the molecule is CN1CCN(c2ccc(NC(=O)Cc3cn4ccsc4n3)nc2)CC1. The zero-order valence-electron chi connectivity index (χ0n) is 14.1. The van der Waals surface area contributed by atoms with Gasteiger partial charge in [-0.15, -0.1) is 11.3 Å². The first kappa shape index (κ1) is 16.0. The minimum Gasteiger partial charge on any atom is -0.368 e. The van der Waals surface area contributed by atoms with E-state index in [0.29, 0.717) is 5.82 Å². The largest absolute Gasteiger partial charge is 0.368 e. The second-order valence-electron chi connectivity index (χ2n) is 6.24. The van der Waals surface area contributed by atoms with Crippen LogP contribution in [-0.4, -0.2) is 58.4 Å². The monoisotopic (exact) mass is 356 g/mol. The van der Waals surface area contributed by atoms with Gasteiger partial charge in [-0.1, -0.05) is 0 Å². The molecule has 0 aliphatic carbocycles. The van der Waals surface area contributed by atoms with E-state index in [2.05, 4.69) is 32.1 Å². The minimum atomic E-state index is -0.106. The zero-order chi connectivity index (χ0) is 17.2. The van der Waals surface area contributed by atoms with Gasteiger partial charge in [-0.25, -0.2) is 9.97 Å². The molecule has 1 saturated heterocycles. The summed E-state index contributed by atoms with van der Waals surface area (Å²) in [5.41, 5.74) is 1.86. The zero-order valence-corrected chi connectivity index (χ0v) is 14.9. The van der Waals surface area contributed by atoms with Gasteiger partial charge in [-0.05, 0) is 19.2 Å². The van der Waals surface area contributed by atoms with Crippen LogP contribution in [0.25, 0.3) is 4.96 Å². The summed E-state index contributed by atoms with van der Waals surface area (Å²) in [6.45, 7) is 4.11. The molecule has 0 atom stereocenters. The molecule has 1 aliphatic rings. The van der Waals surface area contributed by atoms with Crippen molar-refractivity contribution in [2.75, 3.05) is 43.4 Å². The van der Waals surface area contributed by atoms with E-state index in [1.165, 1.54) is 0 Å². The van der Waals surface area contributed by atoms with Gasteiger partial charge in [-0.2, -0.15) is 0 Å². The molecule has 3 aromatic rings. The second kappa shape index (κ2) is 6.81. The number of amides is 1. The third kappa shape index (κ3) is 3.64. The summed E-state index contributed by atoms with van der Waals surface area (Å²) < 4.78 is 1.93. The Kier molecular flexibility index (Phi) is 4.37. The van der Waals surface area contributed by atoms with Crippen LogP contribution < -0.4 is 10.2 Å². The van der Waals surface area contributed by atoms with Crippen LogP contribution in [-0.2, 0) is 11.2 Å². The second-order valence-corrected chi connectivity index (χ2v) is 7.12. The van der Waals surface area contributed by atoms with Crippen molar-refractivity contribution < 1.29 is 4.79 Å². The molecule has 4 rings (SSSR count). The Labute approximate surface area is 149 Å². The van der Waals surface area contributed by atoms with Crippen LogP contribution in [0.1, 0.15) is 5.69 Å². The highest BCUT2D eigenvalue weighted by molar-refractivity contribution is 7.15. The van der Waals surface area contributed by atoms with Crippen LogP contribution in [0.5, 0.6) is 0 Å². The van der Waals surface area contributed by atoms with Crippen molar-refractivity contribution in [3.8, 4) is 0 Å². The van der Waals surface area contributed by atoms with Crippen LogP contribution in [0.2, 0.25) is 0 Å². The van der Waals surface area contributed by atoms with Crippen molar-refractivity contribution in [1.82, 2.24) is 19.3 Å². The summed E-state index contributed by atoms with van der Waals surface area (Å²) in [6.07, 6.45) is 5.90. The fourth-order valence-electron chi connectivity index (χ4n) is 2.92. The number of rotatable bonds is 4. The molecule has 1 aliphatic heterocycles. The standard InChI is InChI=1S/C17H20N6OS/c1-21-4-6-22(7-5-21)14-2-3-15(18-11-14)20-16(24)10-13-12-23-8-9-25-17(23)19-13/h2-3,8-9,11-12H,4-7,10H2,1H3,(H,18,20,24). The molecular weight excluding hydrogens is 336 g/mol. The van der Waals surface area contributed by atoms with Crippen LogP contribution >= 0.6 is 11.3 Å². The number of piperazine rings is 1. The number of likely N-dealkylation sites (N-methyl/N-ethyl adjacent to an activating group) is 1. The van der Waals surface area contributed by atoms with Gasteiger partial charge in [0, 0.05) is 44.0 Å². The Bertz CT molecular complexity index is 834. The fraction of sp³-hybridized carbons (Fsp3) is 0.353. The number of anilines is 2. The number of nitrogens with one attached hydrogen (secondary N) is 1. The topological polar surface area (TPSA) is 65.8 Å². The predicted molar refractivity (Wildman–Crippen MR) is 99.3 cm³/mol. The third-order valence-electron chi connectivity index (χ3n) is 4.37. The maximum Gasteiger partial charge on any atom is 0.231 e. The average Bonchev–Trinajstić information content (AvgIpc) is 3.18. The molecule has 130 valence electrons. The van der Waals surface area contributed by atoms with Crippen LogP contribution in [0, 0.1) is 0 Å². The summed E-state index contributed by atoms with van der Waals surface area (Å²) in [5.74, 6) is 0.467. The molecule has 25 heavy (non-hydrogen) atoms. The first-order chi connectivity index (χ1) is 12.2. The van der Waals surface area contributed by atoms with E-state index in [-0.39, 0.29) is 12.3 Å². The Hall–Kier alpha value is -2.45. The highest BCUT2D eigenvalue weighted by Gasteiger charge is 2.15. The molecule has 1 fully saturated rings. The first-order valence-corrected chi connectivity index (χ1v) is 9.16. The molecule has 0 bridgehead atoms. The number of fused-ring (bicyclic) bond motifs is 1. The van der Waals surface area contributed by atoms with Crippen molar-refractivity contribution in [3.05, 3.63) is 41.8 Å². The smallest absolute Gasteiger partial charge is 0.231 e. The summed E-state index contributed by atoms with van der Waals surface area (Å²) in [7, 11) is 2.14. The van der Waals surface area contributed by atoms with Gasteiger partial charge >= 0.3 is 0 Å². The molecule has 1 amide bonds. The molecule has 7 nitrogen and oxygen atoms in total. The lowest BCUT2D eigenvalue weighted by molar-refractivity contribution is -0.115. The highest BCUT2D eigenvalue weighted by Crippen LogP contribution is 2.17. The Balaban J connectivity index is 1.35. The van der Waals surface area contributed by atoms with E-state index >= 15 is 0 Å². The number of aromatic nitrogens is 3. The highest BCUT2D eigenvalue weighted by atomic mass is 32.1. The molecule has 8 heteroatoms. The lowest BCUT2D eigenvalue weighted by Gasteiger charge is -2.33. The summed E-state index contributed by atoms with van der Waals surface area (Å²) >= 11 is 1.55. The molecule has 0 aromatic carbocycles. The summed E-state index contributed by atoms with van der Waals surface area (Å²) in [6, 6.07) is 3.87. The average molecular weight is 356 g/mol. The number of hydrogen-bond donors (Lipinski definition) is 1. The van der Waals surface area contributed by atoms with E-state index < -0.39 is 0 Å². The number of thiazole rings is 1. The van der Waals surface area contributed by atoms with Crippen LogP contribution in [0.3, 0.4) is 0 Å². The molecular formula is C17H20N6OS. The number of carbonyl (C=O) groups is 1. The number of imidazole rings is 1. The fourth-order valence-corrected chi connectivity index (χ4v) is 3.64. The normalized spacial score (nSPS) is 15.6. The van der Waals surface area contributed by atoms with Crippen molar-refractivity contribution in [2.24, 2.45) is 0 Å². The molecule has 0 unspecified atom stereocenters. The lowest BCUT2D eigenvalue weighted by atomic mass is 10.3. The third-order valence-corrected chi connectivity index (χ3v) is 5.14. The molecule has 1 N–H and O–H groups in total. The maximum atomic E-state index is 12.2. The van der Waals surface area contributed by atoms with Gasteiger partial charge < -0.3 is 15.1 Å². The van der Waals surface area contributed by atoms with Crippen molar-refractivity contribution >= 4 is 33.7 Å². The van der Waals surface area contributed by atoms with Crippen molar-refractivity contribution in [1.29, 1.82) is 0 Å². The Morgan fingerprint density at radius 3 is 2.84 bits per heavy atom. The van der Waals surface area contributed by atoms with E-state index in [1.54, 1.807) is 11.3 Å². The van der Waals surface area contributed by atoms with Crippen LogP contribution in [0.15, 0.2) is 36.1 Å². The van der Waals surface area contributed by atoms with Gasteiger partial charge in [0.15, 0.2) is 4.96 Å². The van der Waals surface area contributed by atoms with Gasteiger partial charge in [0.2, 0.25) is 5.91 Å². The van der Waals surface area contributed by atoms with Gasteiger partial charge in [0.25, 0.3) is 0 Å². The van der Waals surface area contributed by atoms with E-state index in [1.807, 2.05) is 40.5 Å². The quantitative estimate of drug-likeness (QED) is 0.771. The first-order valence-electron chi connectivity index (χ1n) is 8.28. The molecule has 0 spiro atoms. The van der Waals surface area contributed by atoms with Crippen molar-refractivity contribution in [2.45, 2.75) is 6.42 Å².